The summed E-state index contributed by atoms with van der Waals surface area (Å²) in [5.41, 5.74) is 28.0. The second kappa shape index (κ2) is 8.12. The van der Waals surface area contributed by atoms with E-state index in [1.54, 1.807) is 24.3 Å². The summed E-state index contributed by atoms with van der Waals surface area (Å²) < 4.78 is 0. The van der Waals surface area contributed by atoms with E-state index in [4.69, 9.17) is 22.1 Å². The zero-order valence-corrected chi connectivity index (χ0v) is 8.96. The number of nitrogens with zero attached hydrogens (tertiary/aromatic N) is 6. The van der Waals surface area contributed by atoms with Crippen LogP contribution in [0.15, 0.2) is 47.6 Å². The van der Waals surface area contributed by atoms with E-state index in [9.17, 15) is 9.59 Å². The zero-order valence-electron chi connectivity index (χ0n) is 8.96. The zero-order chi connectivity index (χ0) is 14.0. The SMILES string of the molecule is O=C1C=CC=C2C(=O)C=CC=C12.[N-]=[N+]=[N-].[N-]=[N+]=[N-]. The highest BCUT2D eigenvalue weighted by molar-refractivity contribution is 6.22. The summed E-state index contributed by atoms with van der Waals surface area (Å²) in [4.78, 5) is 25.4. The van der Waals surface area contributed by atoms with Crippen LogP contribution in [0, 0.1) is 0 Å². The van der Waals surface area contributed by atoms with E-state index in [0.717, 1.165) is 0 Å². The smallest absolute Gasteiger partial charge is 0.186 e. The first-order valence-electron chi connectivity index (χ1n) is 4.45. The van der Waals surface area contributed by atoms with Crippen LogP contribution >= 0.6 is 0 Å². The molecule has 0 amide bonds. The molecule has 2 aliphatic rings. The average Bonchev–Trinajstić information content (AvgIpc) is 2.33. The summed E-state index contributed by atoms with van der Waals surface area (Å²) in [6.07, 6.45) is 9.46. The standard InChI is InChI=1S/C10H6O2.2N3/c11-9-5-1-3-7-8(9)4-2-6-10(7)12;2*1-3-2/h1-6H;;/q;2*-1. The van der Waals surface area contributed by atoms with Crippen molar-refractivity contribution in [3.8, 4) is 0 Å². The molecular weight excluding hydrogens is 236 g/mol. The van der Waals surface area contributed by atoms with E-state index in [2.05, 4.69) is 0 Å². The highest BCUT2D eigenvalue weighted by Crippen LogP contribution is 2.21. The predicted octanol–water partition coefficient (Wildman–Crippen LogP) is 2.85. The highest BCUT2D eigenvalue weighted by Gasteiger charge is 2.20. The predicted molar refractivity (Wildman–Crippen MR) is 64.6 cm³/mol. The number of hydrogen-bond donors (Lipinski definition) is 0. The molecule has 0 saturated heterocycles. The van der Waals surface area contributed by atoms with Crippen molar-refractivity contribution < 1.29 is 9.59 Å². The normalized spacial score (nSPS) is 14.4. The first kappa shape index (κ1) is 14.9. The van der Waals surface area contributed by atoms with E-state index >= 15 is 0 Å². The fourth-order valence-electron chi connectivity index (χ4n) is 1.25. The van der Waals surface area contributed by atoms with Crippen LogP contribution in [0.5, 0.6) is 0 Å². The molecule has 0 radical (unpaired) electrons. The van der Waals surface area contributed by atoms with Gasteiger partial charge in [0.15, 0.2) is 11.6 Å². The number of carbonyl (C=O) groups excluding carboxylic acids is 2. The van der Waals surface area contributed by atoms with Gasteiger partial charge in [0.05, 0.1) is 0 Å². The van der Waals surface area contributed by atoms with Gasteiger partial charge in [-0.25, -0.2) is 0 Å². The van der Waals surface area contributed by atoms with Gasteiger partial charge in [-0.1, -0.05) is 24.3 Å². The molecule has 90 valence electrons. The molecule has 0 heterocycles. The van der Waals surface area contributed by atoms with Gasteiger partial charge in [0.1, 0.15) is 0 Å². The Morgan fingerprint density at radius 3 is 1.28 bits per heavy atom. The fourth-order valence-corrected chi connectivity index (χ4v) is 1.25. The largest absolute Gasteiger partial charge is 0.373 e. The second-order valence-electron chi connectivity index (χ2n) is 2.79. The molecular formula is C10H6N6O2-2. The Balaban J connectivity index is 0.000000414. The van der Waals surface area contributed by atoms with Gasteiger partial charge in [-0.15, -0.1) is 0 Å². The Labute approximate surface area is 101 Å². The molecule has 0 spiro atoms. The summed E-state index contributed by atoms with van der Waals surface area (Å²) in [6.45, 7) is 0. The van der Waals surface area contributed by atoms with Gasteiger partial charge >= 0.3 is 0 Å². The lowest BCUT2D eigenvalue weighted by atomic mass is 9.90. The van der Waals surface area contributed by atoms with Crippen molar-refractivity contribution in [1.82, 2.24) is 0 Å². The quantitative estimate of drug-likeness (QED) is 0.364. The molecule has 0 bridgehead atoms. The maximum Gasteiger partial charge on any atom is 0.186 e. The molecule has 0 aromatic carbocycles. The first-order valence-corrected chi connectivity index (χ1v) is 4.45. The second-order valence-corrected chi connectivity index (χ2v) is 2.79. The third kappa shape index (κ3) is 4.19. The fraction of sp³-hybridized carbons (Fsp3) is 0. The number of rotatable bonds is 0. The molecule has 0 atom stereocenters. The summed E-state index contributed by atoms with van der Waals surface area (Å²) in [5, 5.41) is 0. The number of ketones is 2. The number of hydrogen-bond acceptors (Lipinski definition) is 2. The summed E-state index contributed by atoms with van der Waals surface area (Å²) >= 11 is 0. The molecule has 8 heteroatoms. The van der Waals surface area contributed by atoms with Crippen molar-refractivity contribution in [3.63, 3.8) is 0 Å². The van der Waals surface area contributed by atoms with Crippen LogP contribution in [0.25, 0.3) is 31.9 Å². The lowest BCUT2D eigenvalue weighted by molar-refractivity contribution is -0.114. The van der Waals surface area contributed by atoms with Gasteiger partial charge in [-0.3, -0.25) is 19.4 Å². The van der Waals surface area contributed by atoms with Gasteiger partial charge in [0.2, 0.25) is 0 Å². The van der Waals surface area contributed by atoms with E-state index < -0.39 is 0 Å². The monoisotopic (exact) mass is 242 g/mol. The molecule has 0 saturated carbocycles. The van der Waals surface area contributed by atoms with Crippen LogP contribution < -0.4 is 0 Å². The Hall–Kier alpha value is -3.08. The minimum atomic E-state index is -0.0924. The molecule has 2 rings (SSSR count). The van der Waals surface area contributed by atoms with Crippen molar-refractivity contribution in [2.24, 2.45) is 0 Å². The van der Waals surface area contributed by atoms with Crippen LogP contribution in [0.3, 0.4) is 0 Å². The molecule has 18 heavy (non-hydrogen) atoms. The molecule has 0 N–H and O–H groups in total. The lowest BCUT2D eigenvalue weighted by Gasteiger charge is -2.11. The molecule has 0 aliphatic heterocycles. The first-order chi connectivity index (χ1) is 8.62. The Morgan fingerprint density at radius 1 is 0.722 bits per heavy atom. The number of allylic oxidation sites excluding steroid dienone is 8. The van der Waals surface area contributed by atoms with Gasteiger partial charge in [0, 0.05) is 11.1 Å². The topological polar surface area (TPSA) is 152 Å². The lowest BCUT2D eigenvalue weighted by Crippen LogP contribution is -2.13. The maximum absolute atomic E-state index is 11.2. The Kier molecular flexibility index (Phi) is 6.73. The molecule has 2 aliphatic carbocycles. The van der Waals surface area contributed by atoms with Crippen LogP contribution in [-0.2, 0) is 9.59 Å². The Bertz CT molecular complexity index is 491. The minimum Gasteiger partial charge on any atom is -0.373 e. The highest BCUT2D eigenvalue weighted by atomic mass is 16.1. The average molecular weight is 242 g/mol. The van der Waals surface area contributed by atoms with E-state index in [1.165, 1.54) is 22.0 Å². The number of fused-ring (bicyclic) bond motifs is 1. The van der Waals surface area contributed by atoms with E-state index in [0.29, 0.717) is 11.1 Å². The van der Waals surface area contributed by atoms with E-state index in [-0.39, 0.29) is 11.6 Å². The molecule has 8 nitrogen and oxygen atoms in total. The third-order valence-electron chi connectivity index (χ3n) is 1.84. The van der Waals surface area contributed by atoms with Crippen LogP contribution in [0.2, 0.25) is 0 Å². The van der Waals surface area contributed by atoms with Crippen molar-refractivity contribution in [2.75, 3.05) is 0 Å². The Morgan fingerprint density at radius 2 is 1.00 bits per heavy atom. The summed E-state index contributed by atoms with van der Waals surface area (Å²) in [6, 6.07) is 0. The van der Waals surface area contributed by atoms with Crippen molar-refractivity contribution in [3.05, 3.63) is 79.6 Å². The maximum atomic E-state index is 11.2. The van der Waals surface area contributed by atoms with Crippen molar-refractivity contribution in [1.29, 1.82) is 0 Å². The van der Waals surface area contributed by atoms with Gasteiger partial charge in [0.25, 0.3) is 0 Å². The van der Waals surface area contributed by atoms with E-state index in [1.807, 2.05) is 0 Å². The summed E-state index contributed by atoms with van der Waals surface area (Å²) in [7, 11) is 0. The van der Waals surface area contributed by atoms with Gasteiger partial charge in [-0.05, 0) is 12.2 Å². The van der Waals surface area contributed by atoms with Crippen molar-refractivity contribution >= 4 is 11.6 Å². The number of carbonyl (C=O) groups is 2. The van der Waals surface area contributed by atoms with Crippen LogP contribution in [0.1, 0.15) is 0 Å². The minimum absolute atomic E-state index is 0.0924. The van der Waals surface area contributed by atoms with Gasteiger partial charge in [-0.2, -0.15) is 0 Å². The summed E-state index contributed by atoms with van der Waals surface area (Å²) in [5.74, 6) is -0.185. The molecule has 0 unspecified atom stereocenters. The van der Waals surface area contributed by atoms with Crippen LogP contribution in [-0.4, -0.2) is 11.6 Å². The van der Waals surface area contributed by atoms with Crippen molar-refractivity contribution in [2.45, 2.75) is 0 Å². The molecule has 0 aromatic rings. The van der Waals surface area contributed by atoms with Gasteiger partial charge < -0.3 is 22.1 Å². The molecule has 0 fully saturated rings. The van der Waals surface area contributed by atoms with Crippen LogP contribution in [0.4, 0.5) is 0 Å². The third-order valence-corrected chi connectivity index (χ3v) is 1.84. The molecule has 0 aromatic heterocycles.